The summed E-state index contributed by atoms with van der Waals surface area (Å²) in [6.07, 6.45) is 6.41. The number of pyridine rings is 1. The molecule has 4 heterocycles. The number of hydroxylamine groups is 1. The van der Waals surface area contributed by atoms with Crippen molar-refractivity contribution in [2.24, 2.45) is 5.92 Å². The molecule has 0 radical (unpaired) electrons. The van der Waals surface area contributed by atoms with Crippen molar-refractivity contribution in [3.63, 3.8) is 0 Å². The standard InChI is InChI=1S/C29H38FN7O6S/c1-42-28-24(35-44(2,40)41)15-20(17-31-28)26-23-16-22(30)14-21(27(23)33-29(32-26)37-10-12-43-13-11-37)18-36-8-6-19(7-9-36)4-3-5-25(38)34-39/h14-17,19,35,39H,3-13,18H2,1-2H3,(H,34,38). The molecule has 3 N–H and O–H groups in total. The zero-order chi connectivity index (χ0) is 31.3. The third kappa shape index (κ3) is 7.88. The predicted octanol–water partition coefficient (Wildman–Crippen LogP) is 2.94. The lowest BCUT2D eigenvalue weighted by atomic mass is 9.91. The maximum absolute atomic E-state index is 15.2. The van der Waals surface area contributed by atoms with Crippen LogP contribution in [0.1, 0.15) is 37.7 Å². The third-order valence-electron chi connectivity index (χ3n) is 7.98. The van der Waals surface area contributed by atoms with Crippen LogP contribution in [-0.4, -0.2) is 92.1 Å². The highest BCUT2D eigenvalue weighted by Gasteiger charge is 2.24. The van der Waals surface area contributed by atoms with E-state index in [1.165, 1.54) is 25.4 Å². The second kappa shape index (κ2) is 14.0. The Bertz CT molecular complexity index is 1590. The van der Waals surface area contributed by atoms with Crippen molar-refractivity contribution in [2.45, 2.75) is 38.6 Å². The van der Waals surface area contributed by atoms with Gasteiger partial charge in [-0.05, 0) is 68.5 Å². The van der Waals surface area contributed by atoms with Gasteiger partial charge in [0.15, 0.2) is 0 Å². The van der Waals surface area contributed by atoms with Crippen molar-refractivity contribution >= 4 is 38.5 Å². The maximum atomic E-state index is 15.2. The topological polar surface area (TPSA) is 159 Å². The second-order valence-corrected chi connectivity index (χ2v) is 13.0. The van der Waals surface area contributed by atoms with E-state index in [0.29, 0.717) is 73.3 Å². The number of amides is 1. The quantitative estimate of drug-likeness (QED) is 0.211. The number of rotatable bonds is 11. The monoisotopic (exact) mass is 631 g/mol. The minimum absolute atomic E-state index is 0.0953. The van der Waals surface area contributed by atoms with Gasteiger partial charge >= 0.3 is 0 Å². The number of piperidine rings is 1. The lowest BCUT2D eigenvalue weighted by molar-refractivity contribution is -0.129. The van der Waals surface area contributed by atoms with Gasteiger partial charge in [0, 0.05) is 43.2 Å². The number of nitrogens with one attached hydrogen (secondary N) is 2. The van der Waals surface area contributed by atoms with Crippen molar-refractivity contribution in [3.05, 3.63) is 35.8 Å². The average Bonchev–Trinajstić information content (AvgIpc) is 3.01. The Morgan fingerprint density at radius 3 is 2.59 bits per heavy atom. The Balaban J connectivity index is 1.49. The molecule has 2 fully saturated rings. The Kier molecular flexibility index (Phi) is 10.1. The Morgan fingerprint density at radius 1 is 1.16 bits per heavy atom. The van der Waals surface area contributed by atoms with Crippen LogP contribution < -0.4 is 19.8 Å². The number of anilines is 2. The molecule has 3 aromatic rings. The summed E-state index contributed by atoms with van der Waals surface area (Å²) in [4.78, 5) is 29.7. The van der Waals surface area contributed by atoms with Gasteiger partial charge < -0.3 is 14.4 Å². The molecule has 13 nitrogen and oxygen atoms in total. The molecule has 15 heteroatoms. The van der Waals surface area contributed by atoms with Gasteiger partial charge in [0.05, 0.1) is 37.8 Å². The molecule has 0 aliphatic carbocycles. The van der Waals surface area contributed by atoms with Gasteiger partial charge in [-0.2, -0.15) is 0 Å². The number of nitrogens with zero attached hydrogens (tertiary/aromatic N) is 5. The number of benzene rings is 1. The molecule has 0 atom stereocenters. The third-order valence-corrected chi connectivity index (χ3v) is 8.57. The van der Waals surface area contributed by atoms with Crippen LogP contribution in [0.25, 0.3) is 22.2 Å². The molecule has 2 aromatic heterocycles. The Morgan fingerprint density at radius 2 is 1.91 bits per heavy atom. The smallest absolute Gasteiger partial charge is 0.243 e. The number of likely N-dealkylation sites (tertiary alicyclic amines) is 1. The van der Waals surface area contributed by atoms with Gasteiger partial charge in [-0.15, -0.1) is 0 Å². The van der Waals surface area contributed by atoms with Crippen molar-refractivity contribution in [2.75, 3.05) is 62.4 Å². The van der Waals surface area contributed by atoms with Crippen LogP contribution in [0, 0.1) is 11.7 Å². The van der Waals surface area contributed by atoms with Gasteiger partial charge in [0.2, 0.25) is 27.8 Å². The fourth-order valence-electron chi connectivity index (χ4n) is 5.80. The Labute approximate surface area is 255 Å². The molecule has 2 aliphatic rings. The molecule has 44 heavy (non-hydrogen) atoms. The lowest BCUT2D eigenvalue weighted by Gasteiger charge is -2.32. The molecule has 238 valence electrons. The summed E-state index contributed by atoms with van der Waals surface area (Å²) in [6.45, 7) is 4.39. The summed E-state index contributed by atoms with van der Waals surface area (Å²) in [7, 11) is -2.24. The summed E-state index contributed by atoms with van der Waals surface area (Å²) in [6, 6.07) is 4.50. The number of aromatic nitrogens is 3. The van der Waals surface area contributed by atoms with Crippen LogP contribution >= 0.6 is 0 Å². The van der Waals surface area contributed by atoms with Crippen LogP contribution in [0.5, 0.6) is 5.88 Å². The van der Waals surface area contributed by atoms with Gasteiger partial charge in [-0.3, -0.25) is 19.6 Å². The van der Waals surface area contributed by atoms with Crippen LogP contribution in [-0.2, 0) is 26.1 Å². The van der Waals surface area contributed by atoms with E-state index < -0.39 is 15.8 Å². The van der Waals surface area contributed by atoms with E-state index in [4.69, 9.17) is 24.6 Å². The first-order valence-corrected chi connectivity index (χ1v) is 16.5. The number of halogens is 1. The summed E-state index contributed by atoms with van der Waals surface area (Å²) >= 11 is 0. The number of carbonyl (C=O) groups is 1. The molecule has 0 unspecified atom stereocenters. The minimum Gasteiger partial charge on any atom is -0.480 e. The first-order valence-electron chi connectivity index (χ1n) is 14.6. The number of hydrogen-bond acceptors (Lipinski definition) is 11. The van der Waals surface area contributed by atoms with Crippen molar-refractivity contribution in [1.29, 1.82) is 0 Å². The molecule has 1 aromatic carbocycles. The summed E-state index contributed by atoms with van der Waals surface area (Å²) in [5, 5.41) is 9.20. The van der Waals surface area contributed by atoms with Crippen molar-refractivity contribution in [1.82, 2.24) is 25.3 Å². The molecular weight excluding hydrogens is 593 g/mol. The van der Waals surface area contributed by atoms with Crippen LogP contribution in [0.3, 0.4) is 0 Å². The molecule has 2 saturated heterocycles. The maximum Gasteiger partial charge on any atom is 0.243 e. The molecule has 0 bridgehead atoms. The SMILES string of the molecule is COc1ncc(-c2nc(N3CCOCC3)nc3c(CN4CCC(CCCC(=O)NO)CC4)cc(F)cc23)cc1NS(C)(=O)=O. The number of methoxy groups -OCH3 is 1. The molecule has 1 amide bonds. The molecule has 0 spiro atoms. The molecule has 0 saturated carbocycles. The number of sulfonamides is 1. The van der Waals surface area contributed by atoms with E-state index in [1.54, 1.807) is 11.5 Å². The van der Waals surface area contributed by atoms with E-state index in [9.17, 15) is 13.2 Å². The van der Waals surface area contributed by atoms with Gasteiger partial charge in [-0.25, -0.2) is 33.2 Å². The van der Waals surface area contributed by atoms with E-state index in [0.717, 1.165) is 50.6 Å². The first-order chi connectivity index (χ1) is 21.1. The predicted molar refractivity (Wildman–Crippen MR) is 163 cm³/mol. The summed E-state index contributed by atoms with van der Waals surface area (Å²) in [5.74, 6) is 0.262. The van der Waals surface area contributed by atoms with E-state index in [-0.39, 0.29) is 17.5 Å². The van der Waals surface area contributed by atoms with Crippen molar-refractivity contribution < 1.29 is 32.3 Å². The highest BCUT2D eigenvalue weighted by molar-refractivity contribution is 7.92. The first kappa shape index (κ1) is 31.8. The second-order valence-electron chi connectivity index (χ2n) is 11.2. The molecule has 2 aliphatic heterocycles. The summed E-state index contributed by atoms with van der Waals surface area (Å²) in [5.41, 5.74) is 4.07. The number of fused-ring (bicyclic) bond motifs is 1. The van der Waals surface area contributed by atoms with Crippen LogP contribution in [0.2, 0.25) is 0 Å². The van der Waals surface area contributed by atoms with Crippen LogP contribution in [0.15, 0.2) is 24.4 Å². The van der Waals surface area contributed by atoms with E-state index in [1.807, 2.05) is 4.90 Å². The van der Waals surface area contributed by atoms with Gasteiger partial charge in [-0.1, -0.05) is 0 Å². The highest BCUT2D eigenvalue weighted by Crippen LogP contribution is 2.35. The number of ether oxygens (including phenoxy) is 2. The lowest BCUT2D eigenvalue weighted by Crippen LogP contribution is -2.37. The largest absolute Gasteiger partial charge is 0.480 e. The van der Waals surface area contributed by atoms with Gasteiger partial charge in [0.25, 0.3) is 0 Å². The zero-order valence-corrected chi connectivity index (χ0v) is 25.7. The molecular formula is C29H38FN7O6S. The molecule has 5 rings (SSSR count). The minimum atomic E-state index is -3.64. The Hall–Kier alpha value is -3.66. The zero-order valence-electron chi connectivity index (χ0n) is 24.9. The average molecular weight is 632 g/mol. The number of morpholine rings is 1. The fourth-order valence-corrected chi connectivity index (χ4v) is 6.34. The van der Waals surface area contributed by atoms with Crippen molar-refractivity contribution in [3.8, 4) is 17.1 Å². The summed E-state index contributed by atoms with van der Waals surface area (Å²) < 4.78 is 52.6. The van der Waals surface area contributed by atoms with Crippen LogP contribution in [0.4, 0.5) is 16.0 Å². The van der Waals surface area contributed by atoms with E-state index >= 15 is 4.39 Å². The highest BCUT2D eigenvalue weighted by atomic mass is 32.2. The number of hydrogen-bond donors (Lipinski definition) is 3. The van der Waals surface area contributed by atoms with E-state index in [2.05, 4.69) is 14.6 Å². The number of carbonyl (C=O) groups excluding carboxylic acids is 1. The van der Waals surface area contributed by atoms with Gasteiger partial charge in [0.1, 0.15) is 11.5 Å². The normalized spacial score (nSPS) is 16.7. The fraction of sp³-hybridized carbons (Fsp3) is 0.517.